The first kappa shape index (κ1) is 19.9. The molecule has 142 valence electrons. The molecule has 6 nitrogen and oxygen atoms in total. The third-order valence-electron chi connectivity index (χ3n) is 3.98. The minimum Gasteiger partial charge on any atom is -0.460 e. The molecule has 0 fully saturated rings. The number of thioether (sulfide) groups is 1. The highest BCUT2D eigenvalue weighted by molar-refractivity contribution is 7.99. The molecule has 0 radical (unpaired) electrons. The molecule has 0 aliphatic heterocycles. The van der Waals surface area contributed by atoms with Crippen LogP contribution in [0, 0.1) is 11.3 Å². The number of rotatable bonds is 7. The van der Waals surface area contributed by atoms with Gasteiger partial charge in [-0.05, 0) is 37.3 Å². The van der Waals surface area contributed by atoms with Crippen molar-refractivity contribution in [3.05, 3.63) is 64.7 Å². The lowest BCUT2D eigenvalue weighted by Gasteiger charge is -2.08. The molecule has 0 atom stereocenters. The van der Waals surface area contributed by atoms with E-state index in [0.717, 1.165) is 11.4 Å². The van der Waals surface area contributed by atoms with Crippen LogP contribution in [0.3, 0.4) is 0 Å². The van der Waals surface area contributed by atoms with Gasteiger partial charge in [0, 0.05) is 22.7 Å². The Bertz CT molecular complexity index is 1010. The molecule has 0 unspecified atom stereocenters. The molecule has 0 aliphatic rings. The summed E-state index contributed by atoms with van der Waals surface area (Å²) in [6.45, 7) is 2.72. The van der Waals surface area contributed by atoms with Crippen molar-refractivity contribution >= 4 is 29.3 Å². The van der Waals surface area contributed by atoms with Crippen LogP contribution in [0.4, 0.5) is 0 Å². The Morgan fingerprint density at radius 1 is 1.21 bits per heavy atom. The number of nitrogens with zero attached hydrogens (tertiary/aromatic N) is 4. The van der Waals surface area contributed by atoms with E-state index in [9.17, 15) is 4.79 Å². The standard InChI is InChI=1S/C20H17ClN4O2S/c1-2-25-19(14-7-9-17(21)10-8-14)23-24-20(25)28-13-18(26)27-12-16-6-4-3-5-15(16)11-22/h3-10H,2,12-13H2,1H3. The molecule has 0 aliphatic carbocycles. The normalized spacial score (nSPS) is 10.5. The fourth-order valence-corrected chi connectivity index (χ4v) is 3.50. The minimum atomic E-state index is -0.378. The number of nitriles is 1. The number of aromatic nitrogens is 3. The van der Waals surface area contributed by atoms with Gasteiger partial charge in [0.25, 0.3) is 0 Å². The number of halogens is 1. The second-order valence-electron chi connectivity index (χ2n) is 5.78. The zero-order valence-electron chi connectivity index (χ0n) is 15.1. The van der Waals surface area contributed by atoms with Crippen molar-refractivity contribution in [3.8, 4) is 17.5 Å². The quantitative estimate of drug-likeness (QED) is 0.424. The molecular formula is C20H17ClN4O2S. The Morgan fingerprint density at radius 2 is 1.96 bits per heavy atom. The van der Waals surface area contributed by atoms with Crippen LogP contribution in [0.2, 0.25) is 5.02 Å². The van der Waals surface area contributed by atoms with Crippen molar-refractivity contribution in [3.63, 3.8) is 0 Å². The highest BCUT2D eigenvalue weighted by Crippen LogP contribution is 2.25. The number of esters is 1. The van der Waals surface area contributed by atoms with Crippen LogP contribution >= 0.6 is 23.4 Å². The van der Waals surface area contributed by atoms with Gasteiger partial charge in [-0.3, -0.25) is 4.79 Å². The maximum Gasteiger partial charge on any atom is 0.316 e. The molecule has 1 heterocycles. The number of carbonyl (C=O) groups excluding carboxylic acids is 1. The van der Waals surface area contributed by atoms with Gasteiger partial charge in [-0.25, -0.2) is 0 Å². The van der Waals surface area contributed by atoms with E-state index >= 15 is 0 Å². The molecule has 0 N–H and O–H groups in total. The number of carbonyl (C=O) groups is 1. The van der Waals surface area contributed by atoms with Crippen molar-refractivity contribution in [1.82, 2.24) is 14.8 Å². The third-order valence-corrected chi connectivity index (χ3v) is 5.17. The van der Waals surface area contributed by atoms with Gasteiger partial charge in [0.2, 0.25) is 0 Å². The minimum absolute atomic E-state index is 0.0691. The second-order valence-corrected chi connectivity index (χ2v) is 7.15. The predicted molar refractivity (Wildman–Crippen MR) is 108 cm³/mol. The van der Waals surface area contributed by atoms with Gasteiger partial charge >= 0.3 is 5.97 Å². The van der Waals surface area contributed by atoms with E-state index in [1.165, 1.54) is 11.8 Å². The third kappa shape index (κ3) is 4.71. The number of benzene rings is 2. The zero-order chi connectivity index (χ0) is 19.9. The summed E-state index contributed by atoms with van der Waals surface area (Å²) in [4.78, 5) is 12.1. The highest BCUT2D eigenvalue weighted by atomic mass is 35.5. The van der Waals surface area contributed by atoms with Crippen molar-refractivity contribution < 1.29 is 9.53 Å². The van der Waals surface area contributed by atoms with Crippen molar-refractivity contribution in [2.45, 2.75) is 25.2 Å². The van der Waals surface area contributed by atoms with Gasteiger partial charge < -0.3 is 9.30 Å². The van der Waals surface area contributed by atoms with Crippen LogP contribution in [0.5, 0.6) is 0 Å². The molecule has 0 saturated carbocycles. The van der Waals surface area contributed by atoms with Crippen LogP contribution in [0.1, 0.15) is 18.1 Å². The van der Waals surface area contributed by atoms with Gasteiger partial charge in [0.15, 0.2) is 11.0 Å². The maximum atomic E-state index is 12.1. The topological polar surface area (TPSA) is 80.8 Å². The van der Waals surface area contributed by atoms with E-state index in [-0.39, 0.29) is 18.3 Å². The average molecular weight is 413 g/mol. The molecular weight excluding hydrogens is 396 g/mol. The molecule has 28 heavy (non-hydrogen) atoms. The summed E-state index contributed by atoms with van der Waals surface area (Å²) < 4.78 is 7.22. The van der Waals surface area contributed by atoms with Gasteiger partial charge in [0.05, 0.1) is 17.4 Å². The van der Waals surface area contributed by atoms with E-state index in [4.69, 9.17) is 21.6 Å². The summed E-state index contributed by atoms with van der Waals surface area (Å²) in [7, 11) is 0. The smallest absolute Gasteiger partial charge is 0.316 e. The lowest BCUT2D eigenvalue weighted by atomic mass is 10.1. The molecule has 0 spiro atoms. The first-order valence-electron chi connectivity index (χ1n) is 8.58. The van der Waals surface area contributed by atoms with E-state index < -0.39 is 0 Å². The second kappa shape index (κ2) is 9.40. The highest BCUT2D eigenvalue weighted by Gasteiger charge is 2.15. The van der Waals surface area contributed by atoms with E-state index in [1.54, 1.807) is 36.4 Å². The molecule has 0 amide bonds. The van der Waals surface area contributed by atoms with Crippen LogP contribution in [0.25, 0.3) is 11.4 Å². The summed E-state index contributed by atoms with van der Waals surface area (Å²) in [6, 6.07) is 16.5. The maximum absolute atomic E-state index is 12.1. The lowest BCUT2D eigenvalue weighted by molar-refractivity contribution is -0.141. The summed E-state index contributed by atoms with van der Waals surface area (Å²) in [5.74, 6) is 0.447. The monoisotopic (exact) mass is 412 g/mol. The van der Waals surface area contributed by atoms with E-state index in [2.05, 4.69) is 16.3 Å². The number of ether oxygens (including phenoxy) is 1. The molecule has 0 saturated heterocycles. The van der Waals surface area contributed by atoms with Crippen molar-refractivity contribution in [2.75, 3.05) is 5.75 Å². The summed E-state index contributed by atoms with van der Waals surface area (Å²) in [6.07, 6.45) is 0. The first-order chi connectivity index (χ1) is 13.6. The molecule has 2 aromatic carbocycles. The van der Waals surface area contributed by atoms with Crippen molar-refractivity contribution in [2.24, 2.45) is 0 Å². The van der Waals surface area contributed by atoms with E-state index in [0.29, 0.717) is 27.9 Å². The van der Waals surface area contributed by atoms with Crippen LogP contribution in [-0.4, -0.2) is 26.5 Å². The summed E-state index contributed by atoms with van der Waals surface area (Å²) in [5, 5.41) is 18.8. The van der Waals surface area contributed by atoms with Gasteiger partial charge in [-0.15, -0.1) is 10.2 Å². The Kier molecular flexibility index (Phi) is 6.69. The SMILES string of the molecule is CCn1c(SCC(=O)OCc2ccccc2C#N)nnc1-c1ccc(Cl)cc1. The fraction of sp³-hybridized carbons (Fsp3) is 0.200. The summed E-state index contributed by atoms with van der Waals surface area (Å²) >= 11 is 7.21. The van der Waals surface area contributed by atoms with Crippen molar-refractivity contribution in [1.29, 1.82) is 5.26 Å². The van der Waals surface area contributed by atoms with Gasteiger partial charge in [-0.2, -0.15) is 5.26 Å². The van der Waals surface area contributed by atoms with Crippen LogP contribution < -0.4 is 0 Å². The van der Waals surface area contributed by atoms with Crippen LogP contribution in [-0.2, 0) is 22.7 Å². The number of hydrogen-bond acceptors (Lipinski definition) is 6. The zero-order valence-corrected chi connectivity index (χ0v) is 16.7. The fourth-order valence-electron chi connectivity index (χ4n) is 2.57. The van der Waals surface area contributed by atoms with Crippen LogP contribution in [0.15, 0.2) is 53.7 Å². The van der Waals surface area contributed by atoms with Gasteiger partial charge in [0.1, 0.15) is 6.61 Å². The Morgan fingerprint density at radius 3 is 2.68 bits per heavy atom. The molecule has 1 aromatic heterocycles. The molecule has 8 heteroatoms. The molecule has 3 rings (SSSR count). The predicted octanol–water partition coefficient (Wildman–Crippen LogP) is 4.33. The Balaban J connectivity index is 1.62. The number of hydrogen-bond donors (Lipinski definition) is 0. The largest absolute Gasteiger partial charge is 0.460 e. The average Bonchev–Trinajstić information content (AvgIpc) is 3.14. The summed E-state index contributed by atoms with van der Waals surface area (Å²) in [5.41, 5.74) is 2.09. The van der Waals surface area contributed by atoms with E-state index in [1.807, 2.05) is 23.6 Å². The van der Waals surface area contributed by atoms with Gasteiger partial charge in [-0.1, -0.05) is 41.6 Å². The molecule has 3 aromatic rings. The Labute approximate surface area is 172 Å². The Hall–Kier alpha value is -2.82. The lowest BCUT2D eigenvalue weighted by Crippen LogP contribution is -2.09. The molecule has 0 bridgehead atoms. The first-order valence-corrected chi connectivity index (χ1v) is 9.94.